The Kier molecular flexibility index (Phi) is 3.86. The fourth-order valence-electron chi connectivity index (χ4n) is 2.34. The van der Waals surface area contributed by atoms with E-state index in [9.17, 15) is 4.79 Å². The van der Waals surface area contributed by atoms with Crippen molar-refractivity contribution in [3.05, 3.63) is 46.2 Å². The summed E-state index contributed by atoms with van der Waals surface area (Å²) in [5, 5.41) is 3.87. The zero-order valence-electron chi connectivity index (χ0n) is 11.5. The third-order valence-electron chi connectivity index (χ3n) is 3.41. The molecule has 0 radical (unpaired) electrons. The van der Waals surface area contributed by atoms with Crippen LogP contribution in [0.3, 0.4) is 0 Å². The van der Waals surface area contributed by atoms with E-state index in [1.807, 2.05) is 12.1 Å². The molecule has 0 atom stereocenters. The van der Waals surface area contributed by atoms with Gasteiger partial charge in [0, 0.05) is 35.7 Å². The van der Waals surface area contributed by atoms with E-state index in [4.69, 9.17) is 16.3 Å². The van der Waals surface area contributed by atoms with Crippen molar-refractivity contribution in [3.8, 4) is 11.4 Å². The molecule has 3 rings (SSSR count). The Hall–Kier alpha value is -1.98. The number of aromatic nitrogens is 2. The van der Waals surface area contributed by atoms with Crippen LogP contribution in [0.5, 0.6) is 0 Å². The molecule has 0 spiro atoms. The first kappa shape index (κ1) is 14.0. The van der Waals surface area contributed by atoms with Gasteiger partial charge in [0.15, 0.2) is 11.5 Å². The van der Waals surface area contributed by atoms with Gasteiger partial charge >= 0.3 is 5.97 Å². The lowest BCUT2D eigenvalue weighted by Gasteiger charge is -2.19. The lowest BCUT2D eigenvalue weighted by atomic mass is 10.0. The molecule has 1 aliphatic rings. The normalized spacial score (nSPS) is 13.6. The van der Waals surface area contributed by atoms with Crippen LogP contribution in [0.15, 0.2) is 24.3 Å². The number of ether oxygens (including phenoxy) is 1. The van der Waals surface area contributed by atoms with Crippen LogP contribution in [-0.2, 0) is 17.7 Å². The van der Waals surface area contributed by atoms with Crippen LogP contribution in [0.4, 0.5) is 0 Å². The minimum Gasteiger partial charge on any atom is -0.464 e. The molecular weight excluding hydrogens is 290 g/mol. The number of fused-ring (bicyclic) bond motifs is 1. The van der Waals surface area contributed by atoms with E-state index in [1.54, 1.807) is 12.1 Å². The topological polar surface area (TPSA) is 64.1 Å². The quantitative estimate of drug-likeness (QED) is 0.862. The van der Waals surface area contributed by atoms with Crippen molar-refractivity contribution in [2.45, 2.75) is 13.0 Å². The van der Waals surface area contributed by atoms with Gasteiger partial charge in [-0.3, -0.25) is 0 Å². The third-order valence-corrected chi connectivity index (χ3v) is 3.67. The smallest absolute Gasteiger partial charge is 0.357 e. The maximum absolute atomic E-state index is 12.0. The molecule has 0 bridgehead atoms. The summed E-state index contributed by atoms with van der Waals surface area (Å²) < 4.78 is 4.83. The van der Waals surface area contributed by atoms with Gasteiger partial charge < -0.3 is 10.1 Å². The van der Waals surface area contributed by atoms with Gasteiger partial charge in [-0.2, -0.15) is 0 Å². The number of halogens is 1. The minimum atomic E-state index is -0.437. The zero-order valence-corrected chi connectivity index (χ0v) is 12.3. The van der Waals surface area contributed by atoms with Crippen LogP contribution in [0.25, 0.3) is 11.4 Å². The summed E-state index contributed by atoms with van der Waals surface area (Å²) in [6.45, 7) is 1.42. The van der Waals surface area contributed by atoms with E-state index >= 15 is 0 Å². The van der Waals surface area contributed by atoms with E-state index < -0.39 is 5.97 Å². The molecule has 5 nitrogen and oxygen atoms in total. The summed E-state index contributed by atoms with van der Waals surface area (Å²) in [5.74, 6) is 0.0836. The summed E-state index contributed by atoms with van der Waals surface area (Å²) >= 11 is 5.90. The Labute approximate surface area is 127 Å². The van der Waals surface area contributed by atoms with E-state index in [2.05, 4.69) is 15.3 Å². The molecule has 0 aliphatic carbocycles. The number of esters is 1. The van der Waals surface area contributed by atoms with Gasteiger partial charge in [-0.1, -0.05) is 11.6 Å². The van der Waals surface area contributed by atoms with E-state index in [0.717, 1.165) is 29.8 Å². The summed E-state index contributed by atoms with van der Waals surface area (Å²) in [6.07, 6.45) is 0.766. The highest BCUT2D eigenvalue weighted by atomic mass is 35.5. The van der Waals surface area contributed by atoms with Crippen molar-refractivity contribution in [1.82, 2.24) is 15.3 Å². The van der Waals surface area contributed by atoms with Crippen LogP contribution in [0.1, 0.15) is 21.7 Å². The van der Waals surface area contributed by atoms with Crippen molar-refractivity contribution in [2.75, 3.05) is 13.7 Å². The number of nitrogens with zero attached hydrogens (tertiary/aromatic N) is 2. The van der Waals surface area contributed by atoms with Crippen LogP contribution in [0, 0.1) is 0 Å². The standard InChI is InChI=1S/C15H14ClN3O2/c1-21-15(20)13-11-8-17-7-6-12(11)18-14(19-13)9-2-4-10(16)5-3-9/h2-5,17H,6-8H2,1H3. The van der Waals surface area contributed by atoms with Gasteiger partial charge in [-0.05, 0) is 24.3 Å². The number of methoxy groups -OCH3 is 1. The average molecular weight is 304 g/mol. The van der Waals surface area contributed by atoms with Crippen LogP contribution >= 0.6 is 11.6 Å². The lowest BCUT2D eigenvalue weighted by Crippen LogP contribution is -2.28. The number of carbonyl (C=O) groups excluding carboxylic acids is 1. The van der Waals surface area contributed by atoms with Crippen molar-refractivity contribution < 1.29 is 9.53 Å². The highest BCUT2D eigenvalue weighted by Gasteiger charge is 2.22. The summed E-state index contributed by atoms with van der Waals surface area (Å²) in [7, 11) is 1.36. The molecular formula is C15H14ClN3O2. The number of rotatable bonds is 2. The molecule has 1 aliphatic heterocycles. The predicted molar refractivity (Wildman–Crippen MR) is 79.2 cm³/mol. The Morgan fingerprint density at radius 2 is 2.05 bits per heavy atom. The predicted octanol–water partition coefficient (Wildman–Crippen LogP) is 2.23. The first-order valence-electron chi connectivity index (χ1n) is 6.64. The summed E-state index contributed by atoms with van der Waals surface area (Å²) in [6, 6.07) is 7.23. The highest BCUT2D eigenvalue weighted by Crippen LogP contribution is 2.23. The van der Waals surface area contributed by atoms with Crippen molar-refractivity contribution in [2.24, 2.45) is 0 Å². The average Bonchev–Trinajstić information content (AvgIpc) is 2.53. The maximum Gasteiger partial charge on any atom is 0.357 e. The van der Waals surface area contributed by atoms with Crippen LogP contribution in [0.2, 0.25) is 5.02 Å². The molecule has 1 aromatic heterocycles. The zero-order chi connectivity index (χ0) is 14.8. The van der Waals surface area contributed by atoms with Gasteiger partial charge in [0.1, 0.15) is 0 Å². The fourth-order valence-corrected chi connectivity index (χ4v) is 2.46. The Bertz CT molecular complexity index is 686. The Morgan fingerprint density at radius 1 is 1.29 bits per heavy atom. The Balaban J connectivity index is 2.13. The maximum atomic E-state index is 12.0. The van der Waals surface area contributed by atoms with Gasteiger partial charge in [-0.15, -0.1) is 0 Å². The largest absolute Gasteiger partial charge is 0.464 e. The molecule has 2 heterocycles. The second-order valence-corrected chi connectivity index (χ2v) is 5.18. The monoisotopic (exact) mass is 303 g/mol. The van der Waals surface area contributed by atoms with Crippen molar-refractivity contribution in [3.63, 3.8) is 0 Å². The molecule has 0 unspecified atom stereocenters. The first-order valence-corrected chi connectivity index (χ1v) is 7.01. The van der Waals surface area contributed by atoms with E-state index in [0.29, 0.717) is 23.1 Å². The van der Waals surface area contributed by atoms with Crippen molar-refractivity contribution in [1.29, 1.82) is 0 Å². The third kappa shape index (κ3) is 2.75. The number of carbonyl (C=O) groups is 1. The van der Waals surface area contributed by atoms with Gasteiger partial charge in [0.25, 0.3) is 0 Å². The summed E-state index contributed by atoms with van der Waals surface area (Å²) in [4.78, 5) is 20.9. The molecule has 0 saturated carbocycles. The van der Waals surface area contributed by atoms with Gasteiger partial charge in [-0.25, -0.2) is 14.8 Å². The van der Waals surface area contributed by atoms with Gasteiger partial charge in [0.2, 0.25) is 0 Å². The summed E-state index contributed by atoms with van der Waals surface area (Å²) in [5.41, 5.74) is 2.88. The Morgan fingerprint density at radius 3 is 2.76 bits per heavy atom. The second kappa shape index (κ2) is 5.79. The van der Waals surface area contributed by atoms with E-state index in [-0.39, 0.29) is 0 Å². The van der Waals surface area contributed by atoms with E-state index in [1.165, 1.54) is 7.11 Å². The van der Waals surface area contributed by atoms with Crippen LogP contribution < -0.4 is 5.32 Å². The molecule has 0 amide bonds. The SMILES string of the molecule is COC(=O)c1nc(-c2ccc(Cl)cc2)nc2c1CNCC2. The number of hydrogen-bond donors (Lipinski definition) is 1. The minimum absolute atomic E-state index is 0.333. The fraction of sp³-hybridized carbons (Fsp3) is 0.267. The first-order chi connectivity index (χ1) is 10.2. The number of benzene rings is 1. The number of hydrogen-bond acceptors (Lipinski definition) is 5. The van der Waals surface area contributed by atoms with Crippen molar-refractivity contribution >= 4 is 17.6 Å². The second-order valence-electron chi connectivity index (χ2n) is 4.75. The molecule has 2 aromatic rings. The molecule has 1 N–H and O–H groups in total. The number of nitrogens with one attached hydrogen (secondary N) is 1. The molecule has 1 aromatic carbocycles. The van der Waals surface area contributed by atoms with Crippen LogP contribution in [-0.4, -0.2) is 29.6 Å². The van der Waals surface area contributed by atoms with Gasteiger partial charge in [0.05, 0.1) is 12.8 Å². The lowest BCUT2D eigenvalue weighted by molar-refractivity contribution is 0.0592. The molecule has 6 heteroatoms. The molecule has 21 heavy (non-hydrogen) atoms. The molecule has 0 fully saturated rings. The highest BCUT2D eigenvalue weighted by molar-refractivity contribution is 6.30. The molecule has 108 valence electrons. The molecule has 0 saturated heterocycles.